The van der Waals surface area contributed by atoms with E-state index in [9.17, 15) is 19.2 Å². The Kier molecular flexibility index (Phi) is 8.55. The van der Waals surface area contributed by atoms with Gasteiger partial charge in [-0.1, -0.05) is 55.7 Å². The minimum atomic E-state index is -1.08. The van der Waals surface area contributed by atoms with Gasteiger partial charge in [-0.15, -0.1) is 0 Å². The number of phenols is 2. The molecular formula is C27H36N2O4S. The molecule has 0 radical (unpaired) electrons. The number of phenolic OH excluding ortho intramolecular Hbond substituents is 2. The van der Waals surface area contributed by atoms with Crippen LogP contribution in [0, 0.1) is 6.92 Å². The predicted molar refractivity (Wildman–Crippen MR) is 139 cm³/mol. The lowest BCUT2D eigenvalue weighted by Crippen LogP contribution is -2.49. The molecule has 0 aliphatic carbocycles. The van der Waals surface area contributed by atoms with Gasteiger partial charge in [0.1, 0.15) is 11.5 Å². The van der Waals surface area contributed by atoms with Gasteiger partial charge >= 0.3 is 0 Å². The van der Waals surface area contributed by atoms with Crippen LogP contribution in [-0.2, 0) is 17.4 Å². The lowest BCUT2D eigenvalue weighted by atomic mass is 9.88. The van der Waals surface area contributed by atoms with Crippen LogP contribution in [0.25, 0.3) is 16.7 Å². The molecule has 3 rings (SSSR count). The zero-order valence-electron chi connectivity index (χ0n) is 20.7. The molecule has 1 aliphatic rings. The Hall–Kier alpha value is -2.64. The van der Waals surface area contributed by atoms with Crippen molar-refractivity contribution in [3.8, 4) is 22.6 Å². The lowest BCUT2D eigenvalue weighted by molar-refractivity contribution is 0.0697. The molecule has 7 heteroatoms. The zero-order chi connectivity index (χ0) is 25.0. The summed E-state index contributed by atoms with van der Waals surface area (Å²) in [6.07, 6.45) is 5.12. The Balaban J connectivity index is 2.12. The second-order valence-electron chi connectivity index (χ2n) is 9.08. The van der Waals surface area contributed by atoms with Gasteiger partial charge in [-0.05, 0) is 49.4 Å². The number of aromatic hydroxyl groups is 2. The van der Waals surface area contributed by atoms with Gasteiger partial charge in [0, 0.05) is 32.4 Å². The number of piperazine rings is 1. The number of unbranched alkanes of at least 4 members (excludes halogenated alkanes) is 2. The van der Waals surface area contributed by atoms with Gasteiger partial charge in [-0.2, -0.15) is 0 Å². The maximum absolute atomic E-state index is 13.7. The summed E-state index contributed by atoms with van der Waals surface area (Å²) in [5.41, 5.74) is 4.42. The fourth-order valence-electron chi connectivity index (χ4n) is 4.52. The van der Waals surface area contributed by atoms with Crippen molar-refractivity contribution in [2.24, 2.45) is 0 Å². The summed E-state index contributed by atoms with van der Waals surface area (Å²) in [7, 11) is -1.08. The quantitative estimate of drug-likeness (QED) is 0.523. The van der Waals surface area contributed by atoms with Gasteiger partial charge in [0.15, 0.2) is 0 Å². The number of hydrogen-bond donors (Lipinski definition) is 2. The van der Waals surface area contributed by atoms with E-state index in [1.165, 1.54) is 0 Å². The van der Waals surface area contributed by atoms with Crippen molar-refractivity contribution in [1.82, 2.24) is 9.21 Å². The molecule has 0 saturated carbocycles. The lowest BCUT2D eigenvalue weighted by Gasteiger charge is -2.33. The Bertz CT molecular complexity index is 1100. The second kappa shape index (κ2) is 11.2. The molecule has 184 valence electrons. The number of aryl methyl sites for hydroxylation is 2. The third-order valence-corrected chi connectivity index (χ3v) is 7.51. The fourth-order valence-corrected chi connectivity index (χ4v) is 5.20. The summed E-state index contributed by atoms with van der Waals surface area (Å²) >= 11 is 0. The van der Waals surface area contributed by atoms with Gasteiger partial charge in [0.05, 0.1) is 22.1 Å². The minimum absolute atomic E-state index is 0.0418. The molecule has 1 atom stereocenters. The van der Waals surface area contributed by atoms with Crippen LogP contribution in [0.1, 0.15) is 60.2 Å². The van der Waals surface area contributed by atoms with Gasteiger partial charge in [-0.25, -0.2) is 8.51 Å². The normalized spacial score (nSPS) is 15.4. The van der Waals surface area contributed by atoms with Crippen LogP contribution in [-0.4, -0.2) is 62.0 Å². The summed E-state index contributed by atoms with van der Waals surface area (Å²) in [5, 5.41) is 22.5. The van der Waals surface area contributed by atoms with Crippen LogP contribution in [0.15, 0.2) is 30.8 Å². The van der Waals surface area contributed by atoms with Crippen LogP contribution in [0.5, 0.6) is 11.5 Å². The monoisotopic (exact) mass is 484 g/mol. The number of amides is 1. The van der Waals surface area contributed by atoms with Crippen molar-refractivity contribution in [2.75, 3.05) is 32.4 Å². The Morgan fingerprint density at radius 2 is 1.79 bits per heavy atom. The minimum Gasteiger partial charge on any atom is -0.507 e. The average molecular weight is 485 g/mol. The van der Waals surface area contributed by atoms with Crippen LogP contribution < -0.4 is 0 Å². The second-order valence-corrected chi connectivity index (χ2v) is 10.4. The number of allylic oxidation sites excluding steroid dienone is 1. The summed E-state index contributed by atoms with van der Waals surface area (Å²) in [6, 6.07) is 7.43. The van der Waals surface area contributed by atoms with Crippen LogP contribution in [0.2, 0.25) is 0 Å². The average Bonchev–Trinajstić information content (AvgIpc) is 2.78. The van der Waals surface area contributed by atoms with E-state index in [0.717, 1.165) is 36.0 Å². The van der Waals surface area contributed by atoms with Crippen LogP contribution >= 0.6 is 0 Å². The van der Waals surface area contributed by atoms with Crippen molar-refractivity contribution in [1.29, 1.82) is 0 Å². The first-order chi connectivity index (χ1) is 16.1. The van der Waals surface area contributed by atoms with E-state index in [-0.39, 0.29) is 28.5 Å². The van der Waals surface area contributed by atoms with Crippen LogP contribution in [0.4, 0.5) is 0 Å². The predicted octanol–water partition coefficient (Wildman–Crippen LogP) is 4.89. The molecule has 1 amide bonds. The molecule has 2 N–H and O–H groups in total. The molecule has 2 aromatic carbocycles. The van der Waals surface area contributed by atoms with Gasteiger partial charge in [0.2, 0.25) is 0 Å². The van der Waals surface area contributed by atoms with Gasteiger partial charge in [-0.3, -0.25) is 4.79 Å². The van der Waals surface area contributed by atoms with Crippen molar-refractivity contribution in [3.63, 3.8) is 0 Å². The third kappa shape index (κ3) is 5.53. The molecule has 6 nitrogen and oxygen atoms in total. The van der Waals surface area contributed by atoms with E-state index in [1.807, 2.05) is 36.4 Å². The van der Waals surface area contributed by atoms with E-state index < -0.39 is 11.0 Å². The zero-order valence-corrected chi connectivity index (χ0v) is 21.5. The standard InChI is InChI=1S/C27H36N2O4S/c1-6-7-8-9-20-17-23(30)25(22-16-19(4)10-11-21(22)18(2)3)26(31)24(20)27(32)28-12-14-29(15-13-28)34(5)33/h10-11,16-17,30-31H,2,6-9,12-15H2,1,3-5H3. The molecular weight excluding hydrogens is 448 g/mol. The number of carbonyl (C=O) groups excluding carboxylic acids is 1. The smallest absolute Gasteiger partial charge is 0.258 e. The first-order valence-electron chi connectivity index (χ1n) is 11.9. The number of rotatable bonds is 8. The summed E-state index contributed by atoms with van der Waals surface area (Å²) in [4.78, 5) is 15.4. The topological polar surface area (TPSA) is 81.1 Å². The molecule has 34 heavy (non-hydrogen) atoms. The van der Waals surface area contributed by atoms with E-state index in [2.05, 4.69) is 13.5 Å². The van der Waals surface area contributed by atoms with Gasteiger partial charge in [0.25, 0.3) is 5.91 Å². The largest absolute Gasteiger partial charge is 0.507 e. The maximum Gasteiger partial charge on any atom is 0.258 e. The number of hydrogen-bond acceptors (Lipinski definition) is 4. The molecule has 2 aromatic rings. The summed E-state index contributed by atoms with van der Waals surface area (Å²) in [5.74, 6) is -0.484. The van der Waals surface area contributed by atoms with Crippen molar-refractivity contribution in [3.05, 3.63) is 53.1 Å². The molecule has 1 saturated heterocycles. The summed E-state index contributed by atoms with van der Waals surface area (Å²) < 4.78 is 13.6. The van der Waals surface area contributed by atoms with E-state index in [0.29, 0.717) is 43.7 Å². The molecule has 1 fully saturated rings. The van der Waals surface area contributed by atoms with E-state index in [1.54, 1.807) is 17.2 Å². The summed E-state index contributed by atoms with van der Waals surface area (Å²) in [6.45, 7) is 11.9. The highest BCUT2D eigenvalue weighted by molar-refractivity contribution is 7.81. The third-order valence-electron chi connectivity index (χ3n) is 6.42. The number of nitrogens with zero attached hydrogens (tertiary/aromatic N) is 2. The molecule has 0 spiro atoms. The Morgan fingerprint density at radius 3 is 2.38 bits per heavy atom. The Labute approximate surface area is 205 Å². The molecule has 1 aliphatic heterocycles. The number of carbonyl (C=O) groups is 1. The van der Waals surface area contributed by atoms with Crippen molar-refractivity contribution >= 4 is 22.5 Å². The first kappa shape index (κ1) is 26.0. The molecule has 0 aromatic heterocycles. The molecule has 1 heterocycles. The molecule has 0 bridgehead atoms. The SMILES string of the molecule is C=C(C)c1ccc(C)cc1-c1c(O)cc(CCCCC)c(C(=O)N2CCN(S(C)=O)CC2)c1O. The van der Waals surface area contributed by atoms with Gasteiger partial charge < -0.3 is 15.1 Å². The van der Waals surface area contributed by atoms with Crippen molar-refractivity contribution in [2.45, 2.75) is 46.5 Å². The number of benzene rings is 2. The van der Waals surface area contributed by atoms with E-state index in [4.69, 9.17) is 0 Å². The first-order valence-corrected chi connectivity index (χ1v) is 13.4. The van der Waals surface area contributed by atoms with E-state index >= 15 is 0 Å². The molecule has 1 unspecified atom stereocenters. The van der Waals surface area contributed by atoms with Crippen LogP contribution in [0.3, 0.4) is 0 Å². The highest BCUT2D eigenvalue weighted by atomic mass is 32.2. The fraction of sp³-hybridized carbons (Fsp3) is 0.444. The highest BCUT2D eigenvalue weighted by Crippen LogP contribution is 2.45. The van der Waals surface area contributed by atoms with Crippen molar-refractivity contribution < 1.29 is 19.2 Å². The maximum atomic E-state index is 13.7. The Morgan fingerprint density at radius 1 is 1.12 bits per heavy atom. The highest BCUT2D eigenvalue weighted by Gasteiger charge is 2.30.